The average Bonchev–Trinajstić information content (AvgIpc) is 3.64. The van der Waals surface area contributed by atoms with Crippen LogP contribution in [0.15, 0.2) is 43.4 Å². The van der Waals surface area contributed by atoms with E-state index in [9.17, 15) is 19.5 Å². The number of pyridine rings is 1. The number of Topliss-reactive ketones (excluding diaryl/α,β-unsaturated/α-hetero) is 1. The lowest BCUT2D eigenvalue weighted by Gasteiger charge is -2.61. The molecule has 2 bridgehead atoms. The molecule has 3 saturated carbocycles. The maximum absolute atomic E-state index is 13.6. The van der Waals surface area contributed by atoms with Crippen molar-refractivity contribution in [3.63, 3.8) is 0 Å². The van der Waals surface area contributed by atoms with Gasteiger partial charge in [0.2, 0.25) is 5.91 Å². The van der Waals surface area contributed by atoms with Crippen molar-refractivity contribution < 1.29 is 24.2 Å². The van der Waals surface area contributed by atoms with Crippen LogP contribution in [0.5, 0.6) is 0 Å². The van der Waals surface area contributed by atoms with Crippen molar-refractivity contribution in [2.24, 2.45) is 34.0 Å². The second-order valence-corrected chi connectivity index (χ2v) is 17.0. The van der Waals surface area contributed by atoms with E-state index in [1.807, 2.05) is 39.0 Å². The van der Waals surface area contributed by atoms with Crippen LogP contribution in [0, 0.1) is 34.0 Å². The number of rotatable bonds is 11. The summed E-state index contributed by atoms with van der Waals surface area (Å²) in [4.78, 5) is 44.1. The third-order valence-electron chi connectivity index (χ3n) is 11.9. The number of aromatic nitrogens is 4. The van der Waals surface area contributed by atoms with E-state index < -0.39 is 27.8 Å². The number of carbonyl (C=O) groups excluding carboxylic acids is 3. The molecule has 256 valence electrons. The van der Waals surface area contributed by atoms with Crippen molar-refractivity contribution in [1.82, 2.24) is 25.3 Å². The predicted octanol–water partition coefficient (Wildman–Crippen LogP) is 4.80. The molecule has 3 aliphatic carbocycles. The summed E-state index contributed by atoms with van der Waals surface area (Å²) >= 11 is 1.42. The lowest BCUT2D eigenvalue weighted by Crippen LogP contribution is -2.63. The highest BCUT2D eigenvalue weighted by molar-refractivity contribution is 8.01. The van der Waals surface area contributed by atoms with Gasteiger partial charge in [-0.3, -0.25) is 19.4 Å². The highest BCUT2D eigenvalue weighted by Gasteiger charge is 2.68. The lowest BCUT2D eigenvalue weighted by molar-refractivity contribution is -0.205. The largest absolute Gasteiger partial charge is 0.461 e. The van der Waals surface area contributed by atoms with Crippen molar-refractivity contribution in [2.75, 3.05) is 12.3 Å². The minimum Gasteiger partial charge on any atom is -0.461 e. The van der Waals surface area contributed by atoms with Gasteiger partial charge in [0.1, 0.15) is 18.4 Å². The molecule has 2 heterocycles. The number of thioether (sulfide) groups is 1. The number of nitrogens with one attached hydrogen (secondary N) is 1. The number of carbonyl (C=O) groups is 3. The van der Waals surface area contributed by atoms with E-state index in [4.69, 9.17) is 4.74 Å². The van der Waals surface area contributed by atoms with Crippen LogP contribution < -0.4 is 5.32 Å². The Morgan fingerprint density at radius 2 is 2.04 bits per heavy atom. The molecule has 0 unspecified atom stereocenters. The summed E-state index contributed by atoms with van der Waals surface area (Å²) in [6.07, 6.45) is 9.91. The molecule has 1 amide bonds. The summed E-state index contributed by atoms with van der Waals surface area (Å²) in [5.41, 5.74) is 0.233. The third kappa shape index (κ3) is 6.93. The van der Waals surface area contributed by atoms with Gasteiger partial charge in [0.15, 0.2) is 0 Å². The normalized spacial score (nSPS) is 33.8. The quantitative estimate of drug-likeness (QED) is 0.256. The van der Waals surface area contributed by atoms with Crippen LogP contribution in [0.3, 0.4) is 0 Å². The van der Waals surface area contributed by atoms with Crippen LogP contribution in [-0.4, -0.2) is 72.0 Å². The number of esters is 1. The van der Waals surface area contributed by atoms with Gasteiger partial charge in [0.05, 0.1) is 17.6 Å². The highest BCUT2D eigenvalue weighted by atomic mass is 32.2. The smallest absolute Gasteiger partial charge is 0.316 e. The van der Waals surface area contributed by atoms with Gasteiger partial charge in [0.25, 0.3) is 0 Å². The summed E-state index contributed by atoms with van der Waals surface area (Å²) in [5.74, 6) is -0.377. The Hall–Kier alpha value is -3.05. The monoisotopic (exact) mass is 665 g/mol. The van der Waals surface area contributed by atoms with E-state index in [-0.39, 0.29) is 53.1 Å². The third-order valence-corrected chi connectivity index (χ3v) is 13.2. The molecule has 2 N–H and O–H groups in total. The van der Waals surface area contributed by atoms with Gasteiger partial charge in [-0.2, -0.15) is 0 Å². The van der Waals surface area contributed by atoms with Crippen LogP contribution in [-0.2, 0) is 32.1 Å². The standard InChI is InChI=1S/C36H51N5O5S/c1-8-34(6)17-28(35(7)23(2)11-13-36(24(3)32(34)45)14-12-27(42)31(35)36)46-30(44)21-47-33(4,5)22-38-29(43)20-41-19-26(39-40-41)16-25-10-9-15-37-18-25/h8-10,15,18-19,23-24,28,31-32,45H,1,11-14,16-17,20-22H2,2-7H3,(H,38,43)/t23-,24+,28-,31+,32+,34-,35+,36+/m1/s1. The Morgan fingerprint density at radius 3 is 2.74 bits per heavy atom. The number of hydrogen-bond donors (Lipinski definition) is 2. The Bertz CT molecular complexity index is 1480. The van der Waals surface area contributed by atoms with Crippen molar-refractivity contribution in [3.05, 3.63) is 54.6 Å². The Kier molecular flexibility index (Phi) is 10.1. The van der Waals surface area contributed by atoms with Crippen molar-refractivity contribution in [2.45, 2.75) is 104 Å². The molecule has 2 aromatic rings. The minimum absolute atomic E-state index is 0.0369. The molecule has 0 spiro atoms. The van der Waals surface area contributed by atoms with Gasteiger partial charge in [0, 0.05) is 59.5 Å². The SMILES string of the molecule is C=C[C@]1(C)C[C@@H](OC(=O)CSC(C)(C)CNC(=O)Cn2cc(Cc3cccnc3)nn2)[C@]2(C)[C@H](C)CC[C@]3(CCC(=O)[C@H]32)[C@@H](C)[C@@H]1O. The number of nitrogens with zero attached hydrogens (tertiary/aromatic N) is 4. The number of hydrogen-bond acceptors (Lipinski definition) is 9. The molecule has 8 atom stereocenters. The Labute approximate surface area is 282 Å². The van der Waals surface area contributed by atoms with Crippen molar-refractivity contribution >= 4 is 29.4 Å². The molecule has 47 heavy (non-hydrogen) atoms. The van der Waals surface area contributed by atoms with Gasteiger partial charge >= 0.3 is 5.97 Å². The molecule has 5 rings (SSSR count). The molecule has 11 heteroatoms. The minimum atomic E-state index is -0.699. The molecule has 0 aromatic carbocycles. The van der Waals surface area contributed by atoms with E-state index in [0.717, 1.165) is 30.5 Å². The van der Waals surface area contributed by atoms with Crippen molar-refractivity contribution in [3.8, 4) is 0 Å². The van der Waals surface area contributed by atoms with Gasteiger partial charge in [-0.25, -0.2) is 4.68 Å². The molecule has 0 aliphatic heterocycles. The molecule has 2 aromatic heterocycles. The Morgan fingerprint density at radius 1 is 1.28 bits per heavy atom. The molecule has 3 aliphatic rings. The fraction of sp³-hybridized carbons (Fsp3) is 0.667. The topological polar surface area (TPSA) is 136 Å². The number of ether oxygens (including phenoxy) is 1. The highest BCUT2D eigenvalue weighted by Crippen LogP contribution is 2.68. The van der Waals surface area contributed by atoms with Gasteiger partial charge in [-0.15, -0.1) is 23.4 Å². The average molecular weight is 666 g/mol. The number of aliphatic hydroxyl groups excluding tert-OH is 1. The van der Waals surface area contributed by atoms with E-state index in [1.165, 1.54) is 16.4 Å². The van der Waals surface area contributed by atoms with E-state index in [0.29, 0.717) is 25.8 Å². The molecular formula is C36H51N5O5S. The molecule has 0 radical (unpaired) electrons. The fourth-order valence-electron chi connectivity index (χ4n) is 8.72. The first-order valence-electron chi connectivity index (χ1n) is 16.9. The van der Waals surface area contributed by atoms with Gasteiger partial charge < -0.3 is 15.2 Å². The summed E-state index contributed by atoms with van der Waals surface area (Å²) in [6, 6.07) is 3.83. The van der Waals surface area contributed by atoms with E-state index >= 15 is 0 Å². The van der Waals surface area contributed by atoms with Gasteiger partial charge in [-0.05, 0) is 68.4 Å². The van der Waals surface area contributed by atoms with Crippen LogP contribution in [0.25, 0.3) is 0 Å². The van der Waals surface area contributed by atoms with E-state index in [1.54, 1.807) is 18.6 Å². The van der Waals surface area contributed by atoms with Crippen LogP contribution in [0.4, 0.5) is 0 Å². The first-order chi connectivity index (χ1) is 22.1. The zero-order valence-electron chi connectivity index (χ0n) is 28.7. The predicted molar refractivity (Wildman–Crippen MR) is 181 cm³/mol. The molecule has 3 fully saturated rings. The second kappa shape index (κ2) is 13.5. The van der Waals surface area contributed by atoms with Gasteiger partial charge in [-0.1, -0.05) is 45.1 Å². The summed E-state index contributed by atoms with van der Waals surface area (Å²) in [7, 11) is 0. The zero-order valence-corrected chi connectivity index (χ0v) is 29.5. The molecule has 0 saturated heterocycles. The summed E-state index contributed by atoms with van der Waals surface area (Å²) in [6.45, 7) is 16.9. The van der Waals surface area contributed by atoms with E-state index in [2.05, 4.69) is 48.0 Å². The number of aliphatic hydroxyl groups is 1. The maximum atomic E-state index is 13.6. The Balaban J connectivity index is 1.20. The number of ketones is 1. The molecular weight excluding hydrogens is 614 g/mol. The maximum Gasteiger partial charge on any atom is 0.316 e. The first-order valence-corrected chi connectivity index (χ1v) is 17.8. The van der Waals surface area contributed by atoms with Crippen LogP contribution >= 0.6 is 11.8 Å². The fourth-order valence-corrected chi connectivity index (χ4v) is 9.47. The summed E-state index contributed by atoms with van der Waals surface area (Å²) < 4.78 is 7.44. The van der Waals surface area contributed by atoms with Crippen molar-refractivity contribution in [1.29, 1.82) is 0 Å². The lowest BCUT2D eigenvalue weighted by atomic mass is 9.44. The zero-order chi connectivity index (χ0) is 34.2. The van der Waals surface area contributed by atoms with Crippen LogP contribution in [0.1, 0.15) is 84.9 Å². The molecule has 10 nitrogen and oxygen atoms in total. The van der Waals surface area contributed by atoms with Crippen LogP contribution in [0.2, 0.25) is 0 Å². The number of amides is 1. The summed E-state index contributed by atoms with van der Waals surface area (Å²) in [5, 5.41) is 22.9. The first kappa shape index (κ1) is 35.3. The second-order valence-electron chi connectivity index (χ2n) is 15.3.